The Morgan fingerprint density at radius 1 is 1.12 bits per heavy atom. The largest absolute Gasteiger partial charge is 0.477 e. The van der Waals surface area contributed by atoms with E-state index in [0.717, 1.165) is 11.3 Å². The van der Waals surface area contributed by atoms with Crippen LogP contribution < -0.4 is 0 Å². The summed E-state index contributed by atoms with van der Waals surface area (Å²) in [6, 6.07) is 14.1. The molecule has 3 heterocycles. The quantitative estimate of drug-likeness (QED) is 0.623. The van der Waals surface area contributed by atoms with Crippen LogP contribution in [0.25, 0.3) is 22.4 Å². The minimum Gasteiger partial charge on any atom is -0.477 e. The number of aromatic nitrogens is 2. The van der Waals surface area contributed by atoms with Crippen LogP contribution >= 0.6 is 0 Å². The minimum absolute atomic E-state index is 0.0801. The van der Waals surface area contributed by atoms with Crippen molar-refractivity contribution in [3.8, 4) is 34.2 Å². The number of pyridine rings is 2. The number of amides is 1. The van der Waals surface area contributed by atoms with Crippen LogP contribution in [0, 0.1) is 18.8 Å². The minimum atomic E-state index is -1.68. The number of carboxylic acid groups (broad SMARTS) is 1. The number of aliphatic hydroxyl groups is 1. The molecule has 1 aliphatic rings. The van der Waals surface area contributed by atoms with Crippen LogP contribution in [-0.4, -0.2) is 56.2 Å². The molecule has 0 saturated carbocycles. The molecule has 7 heteroatoms. The molecule has 2 aromatic heterocycles. The lowest BCUT2D eigenvalue weighted by Gasteiger charge is -2.13. The standard InChI is InChI=1S/C25H21N3O4/c1-16-6-7-19(15-26-16)20-13-21(27-22(14-20)23(29)30)18-5-3-4-17(12-18)8-9-25(32)10-11-28(2)24(25)31/h3-7,12-15,32H,10-11H2,1-2H3,(H,29,30)/t25-/m0/s1. The van der Waals surface area contributed by atoms with E-state index in [1.165, 1.54) is 11.0 Å². The van der Waals surface area contributed by atoms with E-state index in [-0.39, 0.29) is 12.1 Å². The number of aryl methyl sites for hydroxylation is 1. The van der Waals surface area contributed by atoms with E-state index in [4.69, 9.17) is 0 Å². The summed E-state index contributed by atoms with van der Waals surface area (Å²) in [7, 11) is 1.63. The van der Waals surface area contributed by atoms with Crippen molar-refractivity contribution in [1.82, 2.24) is 14.9 Å². The van der Waals surface area contributed by atoms with Crippen molar-refractivity contribution >= 4 is 11.9 Å². The second-order valence-corrected chi connectivity index (χ2v) is 7.79. The van der Waals surface area contributed by atoms with Crippen molar-refractivity contribution in [1.29, 1.82) is 0 Å². The third-order valence-corrected chi connectivity index (χ3v) is 5.37. The van der Waals surface area contributed by atoms with Gasteiger partial charge in [0.2, 0.25) is 5.60 Å². The van der Waals surface area contributed by atoms with Crippen molar-refractivity contribution in [2.24, 2.45) is 0 Å². The SMILES string of the molecule is Cc1ccc(-c2cc(C(=O)O)nc(-c3cccc(C#C[C@]4(O)CCN(C)C4=O)c3)c2)cn1. The maximum Gasteiger partial charge on any atom is 0.354 e. The number of rotatable bonds is 3. The average molecular weight is 427 g/mol. The average Bonchev–Trinajstić information content (AvgIpc) is 3.06. The summed E-state index contributed by atoms with van der Waals surface area (Å²) in [6.07, 6.45) is 1.95. The number of carboxylic acids is 1. The van der Waals surface area contributed by atoms with E-state index in [1.54, 1.807) is 43.6 Å². The molecule has 3 aromatic rings. The maximum atomic E-state index is 12.1. The highest BCUT2D eigenvalue weighted by Crippen LogP contribution is 2.27. The number of carbonyl (C=O) groups is 2. The Morgan fingerprint density at radius 3 is 2.59 bits per heavy atom. The first-order chi connectivity index (χ1) is 15.2. The molecule has 1 aliphatic heterocycles. The Labute approximate surface area is 185 Å². The number of carbonyl (C=O) groups excluding carboxylic acids is 1. The third kappa shape index (κ3) is 4.22. The van der Waals surface area contributed by atoms with Crippen LogP contribution in [0.1, 0.15) is 28.2 Å². The first-order valence-electron chi connectivity index (χ1n) is 10.1. The highest BCUT2D eigenvalue weighted by Gasteiger charge is 2.42. The molecule has 1 saturated heterocycles. The Bertz CT molecular complexity index is 1270. The van der Waals surface area contributed by atoms with Gasteiger partial charge in [-0.25, -0.2) is 9.78 Å². The monoisotopic (exact) mass is 427 g/mol. The van der Waals surface area contributed by atoms with Gasteiger partial charge in [0.15, 0.2) is 0 Å². The lowest BCUT2D eigenvalue weighted by atomic mass is 10.0. The van der Waals surface area contributed by atoms with Gasteiger partial charge >= 0.3 is 5.97 Å². The summed E-state index contributed by atoms with van der Waals surface area (Å²) >= 11 is 0. The molecule has 0 aliphatic carbocycles. The van der Waals surface area contributed by atoms with E-state index in [9.17, 15) is 19.8 Å². The summed E-state index contributed by atoms with van der Waals surface area (Å²) in [5, 5.41) is 20.1. The van der Waals surface area contributed by atoms with Crippen LogP contribution in [0.2, 0.25) is 0 Å². The van der Waals surface area contributed by atoms with Gasteiger partial charge in [0, 0.05) is 48.6 Å². The van der Waals surface area contributed by atoms with Crippen LogP contribution in [0.15, 0.2) is 54.7 Å². The molecule has 7 nitrogen and oxygen atoms in total. The van der Waals surface area contributed by atoms with Crippen molar-refractivity contribution in [3.63, 3.8) is 0 Å². The van der Waals surface area contributed by atoms with E-state index in [1.807, 2.05) is 19.1 Å². The van der Waals surface area contributed by atoms with Crippen molar-refractivity contribution in [3.05, 3.63) is 71.7 Å². The highest BCUT2D eigenvalue weighted by atomic mass is 16.4. The van der Waals surface area contributed by atoms with Gasteiger partial charge in [0.1, 0.15) is 5.69 Å². The number of hydrogen-bond donors (Lipinski definition) is 2. The Hall–Kier alpha value is -4.02. The number of nitrogens with zero attached hydrogens (tertiary/aromatic N) is 3. The van der Waals surface area contributed by atoms with Crippen LogP contribution in [0.3, 0.4) is 0 Å². The molecule has 32 heavy (non-hydrogen) atoms. The van der Waals surface area contributed by atoms with Gasteiger partial charge in [-0.05, 0) is 42.8 Å². The highest BCUT2D eigenvalue weighted by molar-refractivity contribution is 5.91. The zero-order chi connectivity index (χ0) is 22.9. The van der Waals surface area contributed by atoms with Gasteiger partial charge in [0.05, 0.1) is 5.69 Å². The van der Waals surface area contributed by atoms with Crippen LogP contribution in [-0.2, 0) is 4.79 Å². The molecule has 1 aromatic carbocycles. The fraction of sp³-hybridized carbons (Fsp3) is 0.200. The summed E-state index contributed by atoms with van der Waals surface area (Å²) in [6.45, 7) is 2.33. The van der Waals surface area contributed by atoms with E-state index < -0.39 is 17.5 Å². The van der Waals surface area contributed by atoms with Gasteiger partial charge in [-0.1, -0.05) is 30.0 Å². The summed E-state index contributed by atoms with van der Waals surface area (Å²) in [5.74, 6) is 4.03. The smallest absolute Gasteiger partial charge is 0.354 e. The van der Waals surface area contributed by atoms with Crippen molar-refractivity contribution < 1.29 is 19.8 Å². The number of likely N-dealkylation sites (tertiary alicyclic amines) is 1. The summed E-state index contributed by atoms with van der Waals surface area (Å²) in [4.78, 5) is 33.8. The number of likely N-dealkylation sites (N-methyl/N-ethyl adjacent to an activating group) is 1. The topological polar surface area (TPSA) is 104 Å². The number of hydrogen-bond acceptors (Lipinski definition) is 5. The number of benzene rings is 1. The molecule has 0 unspecified atom stereocenters. The van der Waals surface area contributed by atoms with Crippen LogP contribution in [0.5, 0.6) is 0 Å². The zero-order valence-electron chi connectivity index (χ0n) is 17.7. The molecule has 2 N–H and O–H groups in total. The molecule has 1 atom stereocenters. The van der Waals surface area contributed by atoms with Crippen LogP contribution in [0.4, 0.5) is 0 Å². The lowest BCUT2D eigenvalue weighted by Crippen LogP contribution is -2.37. The molecule has 0 bridgehead atoms. The fourth-order valence-electron chi connectivity index (χ4n) is 3.49. The van der Waals surface area contributed by atoms with E-state index in [0.29, 0.717) is 28.9 Å². The predicted octanol–water partition coefficient (Wildman–Crippen LogP) is 2.76. The molecule has 160 valence electrons. The Balaban J connectivity index is 1.73. The second kappa shape index (κ2) is 8.25. The molecule has 1 fully saturated rings. The lowest BCUT2D eigenvalue weighted by molar-refractivity contribution is -0.137. The third-order valence-electron chi connectivity index (χ3n) is 5.37. The van der Waals surface area contributed by atoms with Gasteiger partial charge in [-0.3, -0.25) is 9.78 Å². The molecule has 4 rings (SSSR count). The molecular formula is C25H21N3O4. The maximum absolute atomic E-state index is 12.1. The van der Waals surface area contributed by atoms with Gasteiger partial charge in [-0.15, -0.1) is 0 Å². The van der Waals surface area contributed by atoms with Crippen molar-refractivity contribution in [2.75, 3.05) is 13.6 Å². The van der Waals surface area contributed by atoms with E-state index in [2.05, 4.69) is 21.8 Å². The second-order valence-electron chi connectivity index (χ2n) is 7.79. The zero-order valence-corrected chi connectivity index (χ0v) is 17.7. The summed E-state index contributed by atoms with van der Waals surface area (Å²) < 4.78 is 0. The molecule has 1 amide bonds. The van der Waals surface area contributed by atoms with E-state index >= 15 is 0 Å². The summed E-state index contributed by atoms with van der Waals surface area (Å²) in [5.41, 5.74) is 2.29. The predicted molar refractivity (Wildman–Crippen MR) is 119 cm³/mol. The Kier molecular flexibility index (Phi) is 5.47. The van der Waals surface area contributed by atoms with Gasteiger partial charge in [-0.2, -0.15) is 0 Å². The van der Waals surface area contributed by atoms with Gasteiger partial charge in [0.25, 0.3) is 5.91 Å². The normalized spacial score (nSPS) is 17.7. The molecule has 0 radical (unpaired) electrons. The first kappa shape index (κ1) is 21.2. The molecule has 0 spiro atoms. The first-order valence-corrected chi connectivity index (χ1v) is 10.1. The number of aromatic carboxylic acids is 1. The Morgan fingerprint density at radius 2 is 1.94 bits per heavy atom. The fourth-order valence-corrected chi connectivity index (χ4v) is 3.49. The van der Waals surface area contributed by atoms with Gasteiger partial charge < -0.3 is 15.1 Å². The van der Waals surface area contributed by atoms with Crippen molar-refractivity contribution in [2.45, 2.75) is 18.9 Å². The molecular weight excluding hydrogens is 406 g/mol.